The third kappa shape index (κ3) is 10.6. The minimum absolute atomic E-state index is 0.944. The van der Waals surface area contributed by atoms with Crippen LogP contribution >= 0.6 is 12.6 Å². The minimum Gasteiger partial charge on any atom is -0.362 e. The third-order valence-corrected chi connectivity index (χ3v) is 0.279. The van der Waals surface area contributed by atoms with Gasteiger partial charge in [0.15, 0.2) is 0 Å². The van der Waals surface area contributed by atoms with Crippen LogP contribution in [0.25, 0.3) is 0 Å². The number of nitrogens with two attached hydrogens (primary N) is 1. The molecular formula is C4H8F3NOS. The fourth-order valence-corrected chi connectivity index (χ4v) is 0. The summed E-state index contributed by atoms with van der Waals surface area (Å²) >= 11 is 3.79. The lowest BCUT2D eigenvalue weighted by molar-refractivity contribution is -0.169. The first kappa shape index (κ1) is 12.3. The molecule has 0 atom stereocenters. The van der Waals surface area contributed by atoms with Crippen molar-refractivity contribution < 1.29 is 18.0 Å². The predicted molar refractivity (Wildman–Crippen MR) is 34.8 cm³/mol. The van der Waals surface area contributed by atoms with Crippen LogP contribution in [0.5, 0.6) is 0 Å². The third-order valence-electron chi connectivity index (χ3n) is 0.279. The number of amides is 1. The SMILES string of the molecule is CCS.NC(=O)C(F)(F)F. The molecule has 0 saturated heterocycles. The molecule has 2 nitrogen and oxygen atoms in total. The number of thiol groups is 1. The number of alkyl halides is 3. The Labute approximate surface area is 62.0 Å². The fourth-order valence-electron chi connectivity index (χ4n) is 0. The zero-order chi connectivity index (χ0) is 8.78. The van der Waals surface area contributed by atoms with E-state index in [1.807, 2.05) is 6.92 Å². The van der Waals surface area contributed by atoms with Crippen molar-refractivity contribution in [3.8, 4) is 0 Å². The van der Waals surface area contributed by atoms with Crippen LogP contribution in [0.2, 0.25) is 0 Å². The first-order chi connectivity index (χ1) is 4.36. The molecule has 0 radical (unpaired) electrons. The molecule has 0 bridgehead atoms. The molecule has 6 heteroatoms. The Morgan fingerprint density at radius 1 is 1.60 bits per heavy atom. The Kier molecular flexibility index (Phi) is 6.64. The Hall–Kier alpha value is -0.390. The fraction of sp³-hybridized carbons (Fsp3) is 0.750. The lowest BCUT2D eigenvalue weighted by Gasteiger charge is -1.95. The number of carbonyl (C=O) groups excluding carboxylic acids is 1. The van der Waals surface area contributed by atoms with Gasteiger partial charge in [-0.3, -0.25) is 4.79 Å². The molecule has 0 aliphatic rings. The average molecular weight is 175 g/mol. The van der Waals surface area contributed by atoms with E-state index in [1.54, 1.807) is 0 Å². The smallest absolute Gasteiger partial charge is 0.362 e. The molecule has 0 heterocycles. The van der Waals surface area contributed by atoms with E-state index in [2.05, 4.69) is 18.4 Å². The molecule has 0 saturated carbocycles. The molecule has 0 spiro atoms. The monoisotopic (exact) mass is 175 g/mol. The molecule has 0 unspecified atom stereocenters. The molecule has 10 heavy (non-hydrogen) atoms. The molecule has 0 rings (SSSR count). The second-order valence-electron chi connectivity index (χ2n) is 1.18. The van der Waals surface area contributed by atoms with Crippen molar-refractivity contribution in [2.45, 2.75) is 13.1 Å². The summed E-state index contributed by atoms with van der Waals surface area (Å²) in [6.45, 7) is 1.99. The van der Waals surface area contributed by atoms with Crippen molar-refractivity contribution in [2.24, 2.45) is 5.73 Å². The van der Waals surface area contributed by atoms with Crippen LogP contribution in [0.3, 0.4) is 0 Å². The minimum atomic E-state index is -4.86. The number of carbonyl (C=O) groups is 1. The van der Waals surface area contributed by atoms with E-state index >= 15 is 0 Å². The first-order valence-corrected chi connectivity index (χ1v) is 2.97. The summed E-state index contributed by atoms with van der Waals surface area (Å²) in [7, 11) is 0. The van der Waals surface area contributed by atoms with Crippen molar-refractivity contribution >= 4 is 18.5 Å². The Morgan fingerprint density at radius 3 is 1.70 bits per heavy atom. The Bertz CT molecular complexity index is 103. The molecule has 2 N–H and O–H groups in total. The highest BCUT2D eigenvalue weighted by Crippen LogP contribution is 2.11. The standard InChI is InChI=1S/C2H2F3NO.C2H6S/c3-2(4,5)1(6)7;1-2-3/h(H2,6,7);3H,2H2,1H3. The maximum absolute atomic E-state index is 10.7. The lowest BCUT2D eigenvalue weighted by Crippen LogP contribution is -2.30. The van der Waals surface area contributed by atoms with Gasteiger partial charge in [0, 0.05) is 0 Å². The van der Waals surface area contributed by atoms with Gasteiger partial charge in [-0.25, -0.2) is 0 Å². The number of hydrogen-bond acceptors (Lipinski definition) is 2. The van der Waals surface area contributed by atoms with Crippen LogP contribution in [-0.4, -0.2) is 17.8 Å². The van der Waals surface area contributed by atoms with E-state index in [9.17, 15) is 13.2 Å². The first-order valence-electron chi connectivity index (χ1n) is 2.33. The van der Waals surface area contributed by atoms with E-state index in [1.165, 1.54) is 0 Å². The predicted octanol–water partition coefficient (Wildman–Crippen LogP) is 0.970. The summed E-state index contributed by atoms with van der Waals surface area (Å²) in [5.41, 5.74) is 3.81. The van der Waals surface area contributed by atoms with Crippen LogP contribution < -0.4 is 5.73 Å². The topological polar surface area (TPSA) is 43.1 Å². The zero-order valence-electron chi connectivity index (χ0n) is 5.27. The zero-order valence-corrected chi connectivity index (χ0v) is 6.17. The van der Waals surface area contributed by atoms with E-state index in [0.717, 1.165) is 5.75 Å². The largest absolute Gasteiger partial charge is 0.470 e. The lowest BCUT2D eigenvalue weighted by atomic mass is 10.6. The van der Waals surface area contributed by atoms with Gasteiger partial charge in [-0.2, -0.15) is 25.8 Å². The maximum Gasteiger partial charge on any atom is 0.470 e. The summed E-state index contributed by atoms with van der Waals surface area (Å²) in [6, 6.07) is 0. The second-order valence-corrected chi connectivity index (χ2v) is 1.81. The van der Waals surface area contributed by atoms with Gasteiger partial charge in [-0.05, 0) is 5.75 Å². The van der Waals surface area contributed by atoms with Crippen molar-refractivity contribution in [1.82, 2.24) is 0 Å². The number of halogens is 3. The van der Waals surface area contributed by atoms with Crippen molar-refractivity contribution in [3.63, 3.8) is 0 Å². The summed E-state index contributed by atoms with van der Waals surface area (Å²) in [4.78, 5) is 9.12. The van der Waals surface area contributed by atoms with Crippen LogP contribution in [0, 0.1) is 0 Å². The van der Waals surface area contributed by atoms with Crippen molar-refractivity contribution in [2.75, 3.05) is 5.75 Å². The summed E-state index contributed by atoms with van der Waals surface area (Å²) < 4.78 is 32.1. The Morgan fingerprint density at radius 2 is 1.70 bits per heavy atom. The van der Waals surface area contributed by atoms with Gasteiger partial charge in [-0.15, -0.1) is 0 Å². The molecule has 0 aromatic heterocycles. The summed E-state index contributed by atoms with van der Waals surface area (Å²) in [5, 5.41) is 0. The number of rotatable bonds is 0. The molecule has 1 amide bonds. The highest BCUT2D eigenvalue weighted by Gasteiger charge is 2.35. The molecule has 0 fully saturated rings. The average Bonchev–Trinajstić information content (AvgIpc) is 1.64. The molecule has 0 aromatic rings. The van der Waals surface area contributed by atoms with Gasteiger partial charge >= 0.3 is 12.1 Å². The van der Waals surface area contributed by atoms with Gasteiger partial charge in [0.1, 0.15) is 0 Å². The van der Waals surface area contributed by atoms with Crippen molar-refractivity contribution in [3.05, 3.63) is 0 Å². The normalized spacial score (nSPS) is 9.70. The van der Waals surface area contributed by atoms with Gasteiger partial charge in [-0.1, -0.05) is 6.92 Å². The van der Waals surface area contributed by atoms with E-state index in [-0.39, 0.29) is 0 Å². The van der Waals surface area contributed by atoms with Crippen LogP contribution in [0.4, 0.5) is 13.2 Å². The van der Waals surface area contributed by atoms with Gasteiger partial charge in [0.25, 0.3) is 0 Å². The number of primary amides is 1. The molecule has 0 aromatic carbocycles. The van der Waals surface area contributed by atoms with Crippen LogP contribution in [0.1, 0.15) is 6.92 Å². The van der Waals surface area contributed by atoms with E-state index in [4.69, 9.17) is 4.79 Å². The van der Waals surface area contributed by atoms with E-state index in [0.29, 0.717) is 0 Å². The quantitative estimate of drug-likeness (QED) is 0.529. The highest BCUT2D eigenvalue weighted by molar-refractivity contribution is 7.80. The molecule has 0 aliphatic carbocycles. The van der Waals surface area contributed by atoms with E-state index < -0.39 is 12.1 Å². The van der Waals surface area contributed by atoms with Gasteiger partial charge in [0.05, 0.1) is 0 Å². The second kappa shape index (κ2) is 5.40. The summed E-state index contributed by atoms with van der Waals surface area (Å²) in [6.07, 6.45) is -4.86. The van der Waals surface area contributed by atoms with Crippen LogP contribution in [-0.2, 0) is 4.79 Å². The highest BCUT2D eigenvalue weighted by atomic mass is 32.1. The van der Waals surface area contributed by atoms with Gasteiger partial charge in [0.2, 0.25) is 0 Å². The van der Waals surface area contributed by atoms with Crippen LogP contribution in [0.15, 0.2) is 0 Å². The van der Waals surface area contributed by atoms with Gasteiger partial charge < -0.3 is 5.73 Å². The molecule has 62 valence electrons. The molecular weight excluding hydrogens is 167 g/mol. The molecule has 0 aliphatic heterocycles. The maximum atomic E-state index is 10.7. The Balaban J connectivity index is 0. The van der Waals surface area contributed by atoms with Crippen molar-refractivity contribution in [1.29, 1.82) is 0 Å². The number of hydrogen-bond donors (Lipinski definition) is 2. The summed E-state index contributed by atoms with van der Waals surface area (Å²) in [5.74, 6) is -1.31.